The molecule has 2 saturated heterocycles. The molecule has 0 bridgehead atoms. The lowest BCUT2D eigenvalue weighted by Crippen LogP contribution is -2.46. The Hall–Kier alpha value is -1.51. The fourth-order valence-electron chi connectivity index (χ4n) is 2.97. The third kappa shape index (κ3) is 4.73. The third-order valence-corrected chi connectivity index (χ3v) is 4.50. The van der Waals surface area contributed by atoms with Crippen molar-refractivity contribution in [3.63, 3.8) is 0 Å². The van der Waals surface area contributed by atoms with Crippen molar-refractivity contribution in [1.29, 1.82) is 0 Å². The second-order valence-corrected chi connectivity index (χ2v) is 5.94. The van der Waals surface area contributed by atoms with Gasteiger partial charge in [0.2, 0.25) is 5.95 Å². The predicted octanol–water partition coefficient (Wildman–Crippen LogP) is -0.242. The van der Waals surface area contributed by atoms with Crippen LogP contribution in [0.1, 0.15) is 6.92 Å². The lowest BCUT2D eigenvalue weighted by Gasteiger charge is -2.34. The summed E-state index contributed by atoms with van der Waals surface area (Å²) in [5.74, 6) is 1.54. The number of piperazine rings is 1. The molecule has 2 fully saturated rings. The molecule has 2 aliphatic heterocycles. The molecule has 1 N–H and O–H groups in total. The maximum Gasteiger partial charge on any atom is 0.244 e. The maximum absolute atomic E-state index is 5.36. The Kier molecular flexibility index (Phi) is 5.95. The largest absolute Gasteiger partial charge is 0.379 e. The van der Waals surface area contributed by atoms with Gasteiger partial charge in [-0.05, 0) is 6.54 Å². The second kappa shape index (κ2) is 8.37. The third-order valence-electron chi connectivity index (χ3n) is 4.50. The van der Waals surface area contributed by atoms with Crippen LogP contribution in [0.4, 0.5) is 11.8 Å². The van der Waals surface area contributed by atoms with Crippen molar-refractivity contribution in [3.05, 3.63) is 6.20 Å². The van der Waals surface area contributed by atoms with E-state index < -0.39 is 0 Å². The Balaban J connectivity index is 1.47. The fourth-order valence-corrected chi connectivity index (χ4v) is 2.97. The minimum atomic E-state index is 0.619. The Morgan fingerprint density at radius 1 is 1.09 bits per heavy atom. The van der Waals surface area contributed by atoms with Crippen molar-refractivity contribution in [2.75, 3.05) is 82.3 Å². The van der Waals surface area contributed by atoms with E-state index in [1.165, 1.54) is 0 Å². The molecule has 23 heavy (non-hydrogen) atoms. The number of rotatable bonds is 6. The van der Waals surface area contributed by atoms with Gasteiger partial charge in [-0.25, -0.2) is 0 Å². The number of hydrogen-bond acceptors (Lipinski definition) is 8. The molecule has 0 atom stereocenters. The molecular weight excluding hydrogens is 294 g/mol. The van der Waals surface area contributed by atoms with E-state index in [2.05, 4.69) is 42.1 Å². The van der Waals surface area contributed by atoms with Crippen molar-refractivity contribution < 1.29 is 4.74 Å². The highest BCUT2D eigenvalue weighted by Gasteiger charge is 2.17. The van der Waals surface area contributed by atoms with Crippen molar-refractivity contribution in [1.82, 2.24) is 25.0 Å². The van der Waals surface area contributed by atoms with Crippen molar-refractivity contribution >= 4 is 11.8 Å². The SMILES string of the molecule is CCN1CCN(c2cnnc(NCCN3CCOCC3)n2)CC1. The van der Waals surface area contributed by atoms with E-state index in [0.29, 0.717) is 5.95 Å². The van der Waals surface area contributed by atoms with Gasteiger partial charge in [0.15, 0.2) is 5.82 Å². The first kappa shape index (κ1) is 16.4. The van der Waals surface area contributed by atoms with E-state index in [0.717, 1.165) is 77.9 Å². The number of aromatic nitrogens is 3. The number of likely N-dealkylation sites (N-methyl/N-ethyl adjacent to an activating group) is 1. The summed E-state index contributed by atoms with van der Waals surface area (Å²) in [5.41, 5.74) is 0. The van der Waals surface area contributed by atoms with Crippen LogP contribution in [0.5, 0.6) is 0 Å². The molecule has 3 heterocycles. The number of ether oxygens (including phenoxy) is 1. The summed E-state index contributed by atoms with van der Waals surface area (Å²) in [5, 5.41) is 11.5. The Bertz CT molecular complexity index is 473. The van der Waals surface area contributed by atoms with Gasteiger partial charge in [0.05, 0.1) is 19.4 Å². The van der Waals surface area contributed by atoms with Gasteiger partial charge in [0, 0.05) is 52.4 Å². The van der Waals surface area contributed by atoms with Crippen LogP contribution in [-0.2, 0) is 4.74 Å². The quantitative estimate of drug-likeness (QED) is 0.770. The molecule has 8 heteroatoms. The van der Waals surface area contributed by atoms with Gasteiger partial charge in [-0.3, -0.25) is 4.90 Å². The van der Waals surface area contributed by atoms with Crippen molar-refractivity contribution in [2.45, 2.75) is 6.92 Å². The van der Waals surface area contributed by atoms with Crippen molar-refractivity contribution in [2.24, 2.45) is 0 Å². The van der Waals surface area contributed by atoms with E-state index >= 15 is 0 Å². The summed E-state index contributed by atoms with van der Waals surface area (Å²) < 4.78 is 5.36. The minimum Gasteiger partial charge on any atom is -0.379 e. The van der Waals surface area contributed by atoms with Gasteiger partial charge < -0.3 is 19.9 Å². The zero-order chi connectivity index (χ0) is 15.9. The summed E-state index contributed by atoms with van der Waals surface area (Å²) in [6.07, 6.45) is 1.76. The highest BCUT2D eigenvalue weighted by atomic mass is 16.5. The lowest BCUT2D eigenvalue weighted by atomic mass is 10.3. The molecule has 0 amide bonds. The molecule has 0 aromatic carbocycles. The smallest absolute Gasteiger partial charge is 0.244 e. The van der Waals surface area contributed by atoms with E-state index in [1.807, 2.05) is 0 Å². The summed E-state index contributed by atoms with van der Waals surface area (Å²) in [6, 6.07) is 0. The van der Waals surface area contributed by atoms with E-state index in [-0.39, 0.29) is 0 Å². The van der Waals surface area contributed by atoms with Crippen LogP contribution in [0.3, 0.4) is 0 Å². The van der Waals surface area contributed by atoms with Gasteiger partial charge in [-0.2, -0.15) is 10.1 Å². The molecule has 2 aliphatic rings. The van der Waals surface area contributed by atoms with E-state index in [9.17, 15) is 0 Å². The molecule has 0 aliphatic carbocycles. The average Bonchev–Trinajstić information content (AvgIpc) is 2.63. The Morgan fingerprint density at radius 3 is 2.61 bits per heavy atom. The standard InChI is InChI=1S/C15H27N7O/c1-2-20-5-7-22(8-6-20)14-13-17-19-15(18-14)16-3-4-21-9-11-23-12-10-21/h13H,2-12H2,1H3,(H,16,18,19). The van der Waals surface area contributed by atoms with Gasteiger partial charge in [-0.1, -0.05) is 6.92 Å². The van der Waals surface area contributed by atoms with Crippen molar-refractivity contribution in [3.8, 4) is 0 Å². The zero-order valence-electron chi connectivity index (χ0n) is 13.9. The summed E-state index contributed by atoms with van der Waals surface area (Å²) in [7, 11) is 0. The predicted molar refractivity (Wildman–Crippen MR) is 89.9 cm³/mol. The monoisotopic (exact) mass is 321 g/mol. The Labute approximate surface area is 137 Å². The van der Waals surface area contributed by atoms with Crippen LogP contribution in [0, 0.1) is 0 Å². The zero-order valence-corrected chi connectivity index (χ0v) is 13.9. The molecule has 1 aromatic rings. The molecule has 128 valence electrons. The number of hydrogen-bond donors (Lipinski definition) is 1. The number of morpholine rings is 1. The summed E-state index contributed by atoms with van der Waals surface area (Å²) in [4.78, 5) is 11.7. The number of nitrogens with one attached hydrogen (secondary N) is 1. The van der Waals surface area contributed by atoms with Crippen LogP contribution in [0.2, 0.25) is 0 Å². The molecular formula is C15H27N7O. The van der Waals surface area contributed by atoms with Crippen LogP contribution in [-0.4, -0.2) is 97.1 Å². The van der Waals surface area contributed by atoms with Gasteiger partial charge in [0.25, 0.3) is 0 Å². The lowest BCUT2D eigenvalue weighted by molar-refractivity contribution is 0.0398. The van der Waals surface area contributed by atoms with Crippen LogP contribution >= 0.6 is 0 Å². The Morgan fingerprint density at radius 2 is 1.87 bits per heavy atom. The fraction of sp³-hybridized carbons (Fsp3) is 0.800. The number of nitrogens with zero attached hydrogens (tertiary/aromatic N) is 6. The average molecular weight is 321 g/mol. The first-order valence-electron chi connectivity index (χ1n) is 8.56. The topological polar surface area (TPSA) is 69.7 Å². The second-order valence-electron chi connectivity index (χ2n) is 5.94. The molecule has 0 saturated carbocycles. The highest BCUT2D eigenvalue weighted by molar-refractivity contribution is 5.40. The molecule has 0 spiro atoms. The van der Waals surface area contributed by atoms with Gasteiger partial charge in [-0.15, -0.1) is 5.10 Å². The summed E-state index contributed by atoms with van der Waals surface area (Å²) >= 11 is 0. The van der Waals surface area contributed by atoms with E-state index in [4.69, 9.17) is 4.74 Å². The molecule has 0 radical (unpaired) electrons. The minimum absolute atomic E-state index is 0.619. The van der Waals surface area contributed by atoms with Gasteiger partial charge in [0.1, 0.15) is 0 Å². The van der Waals surface area contributed by atoms with Crippen LogP contribution in [0.25, 0.3) is 0 Å². The first-order chi connectivity index (χ1) is 11.3. The molecule has 0 unspecified atom stereocenters. The normalized spacial score (nSPS) is 20.7. The van der Waals surface area contributed by atoms with Crippen LogP contribution < -0.4 is 10.2 Å². The molecule has 1 aromatic heterocycles. The molecule has 3 rings (SSSR count). The van der Waals surface area contributed by atoms with E-state index in [1.54, 1.807) is 6.20 Å². The van der Waals surface area contributed by atoms with Crippen LogP contribution in [0.15, 0.2) is 6.20 Å². The highest BCUT2D eigenvalue weighted by Crippen LogP contribution is 2.13. The molecule has 8 nitrogen and oxygen atoms in total. The summed E-state index contributed by atoms with van der Waals surface area (Å²) in [6.45, 7) is 13.0. The first-order valence-corrected chi connectivity index (χ1v) is 8.56. The maximum atomic E-state index is 5.36. The number of anilines is 2. The van der Waals surface area contributed by atoms with Gasteiger partial charge >= 0.3 is 0 Å².